The van der Waals surface area contributed by atoms with Crippen LogP contribution in [0.2, 0.25) is 0 Å². The summed E-state index contributed by atoms with van der Waals surface area (Å²) in [5.74, 6) is -0.724. The number of carbonyl (C=O) groups is 1. The van der Waals surface area contributed by atoms with Crippen molar-refractivity contribution in [2.45, 2.75) is 6.92 Å². The molecule has 6 heteroatoms. The molecule has 13 heavy (non-hydrogen) atoms. The lowest BCUT2D eigenvalue weighted by atomic mass is 10.5. The van der Waals surface area contributed by atoms with E-state index >= 15 is 0 Å². The molecule has 1 heterocycles. The molecule has 6 nitrogen and oxygen atoms in total. The smallest absolute Gasteiger partial charge is 0.376 e. The predicted molar refractivity (Wildman–Crippen MR) is 40.2 cm³/mol. The molecule has 1 aromatic rings. The van der Waals surface area contributed by atoms with E-state index < -0.39 is 5.97 Å². The van der Waals surface area contributed by atoms with Crippen molar-refractivity contribution in [2.24, 2.45) is 4.99 Å². The SMILES string of the molecule is CCOC(=O)c1cnc(N=C=O)o1. The minimum Gasteiger partial charge on any atom is -0.460 e. The molecule has 0 atom stereocenters. The number of carbonyl (C=O) groups excluding carboxylic acids is 2. The summed E-state index contributed by atoms with van der Waals surface area (Å²) >= 11 is 0. The molecular formula is C7H6N2O4. The van der Waals surface area contributed by atoms with Crippen LogP contribution in [0.5, 0.6) is 0 Å². The summed E-state index contributed by atoms with van der Waals surface area (Å²) in [5.41, 5.74) is 0. The van der Waals surface area contributed by atoms with Crippen LogP contribution in [0.4, 0.5) is 6.01 Å². The first-order valence-electron chi connectivity index (χ1n) is 3.48. The Bertz CT molecular complexity index is 351. The van der Waals surface area contributed by atoms with E-state index in [0.29, 0.717) is 0 Å². The van der Waals surface area contributed by atoms with Crippen LogP contribution in [0, 0.1) is 0 Å². The van der Waals surface area contributed by atoms with Gasteiger partial charge in [-0.1, -0.05) is 0 Å². The fourth-order valence-electron chi connectivity index (χ4n) is 0.652. The summed E-state index contributed by atoms with van der Waals surface area (Å²) in [7, 11) is 0. The maximum atomic E-state index is 11.0. The Morgan fingerprint density at radius 2 is 2.62 bits per heavy atom. The first kappa shape index (κ1) is 9.15. The van der Waals surface area contributed by atoms with Crippen LogP contribution in [0.15, 0.2) is 15.6 Å². The number of rotatable bonds is 3. The van der Waals surface area contributed by atoms with Crippen LogP contribution < -0.4 is 0 Å². The summed E-state index contributed by atoms with van der Waals surface area (Å²) in [6.07, 6.45) is 2.37. The molecule has 1 aromatic heterocycles. The van der Waals surface area contributed by atoms with Gasteiger partial charge in [0, 0.05) is 0 Å². The number of aliphatic imine (C=N–C) groups is 1. The second-order valence-corrected chi connectivity index (χ2v) is 1.93. The Kier molecular flexibility index (Phi) is 2.94. The zero-order valence-electron chi connectivity index (χ0n) is 6.81. The standard InChI is InChI=1S/C7H6N2O4/c1-2-12-6(11)5-3-8-7(13-5)9-4-10/h3H,2H2,1H3. The first-order valence-corrected chi connectivity index (χ1v) is 3.48. The summed E-state index contributed by atoms with van der Waals surface area (Å²) in [4.78, 5) is 27.3. The van der Waals surface area contributed by atoms with Crippen molar-refractivity contribution < 1.29 is 18.7 Å². The van der Waals surface area contributed by atoms with Crippen molar-refractivity contribution in [1.82, 2.24) is 4.98 Å². The van der Waals surface area contributed by atoms with E-state index in [-0.39, 0.29) is 18.4 Å². The molecule has 0 aromatic carbocycles. The summed E-state index contributed by atoms with van der Waals surface area (Å²) < 4.78 is 9.33. The predicted octanol–water partition coefficient (Wildman–Crippen LogP) is 0.819. The maximum absolute atomic E-state index is 11.0. The van der Waals surface area contributed by atoms with Crippen LogP contribution in [-0.2, 0) is 9.53 Å². The van der Waals surface area contributed by atoms with Gasteiger partial charge in [-0.2, -0.15) is 4.98 Å². The van der Waals surface area contributed by atoms with Crippen LogP contribution in [0.25, 0.3) is 0 Å². The number of hydrogen-bond acceptors (Lipinski definition) is 6. The highest BCUT2D eigenvalue weighted by Crippen LogP contribution is 2.11. The maximum Gasteiger partial charge on any atom is 0.376 e. The average molecular weight is 182 g/mol. The van der Waals surface area contributed by atoms with Crippen molar-refractivity contribution in [1.29, 1.82) is 0 Å². The lowest BCUT2D eigenvalue weighted by molar-refractivity contribution is 0.0491. The molecule has 68 valence electrons. The van der Waals surface area contributed by atoms with E-state index in [9.17, 15) is 9.59 Å². The highest BCUT2D eigenvalue weighted by atomic mass is 16.5. The normalized spacial score (nSPS) is 9.00. The lowest BCUT2D eigenvalue weighted by Gasteiger charge is -1.94. The molecule has 0 saturated carbocycles. The molecule has 0 aliphatic heterocycles. The molecule has 0 saturated heterocycles. The van der Waals surface area contributed by atoms with Gasteiger partial charge in [-0.05, 0) is 6.92 Å². The third kappa shape index (κ3) is 2.25. The Morgan fingerprint density at radius 1 is 1.85 bits per heavy atom. The van der Waals surface area contributed by atoms with Crippen LogP contribution in [-0.4, -0.2) is 23.6 Å². The molecule has 0 radical (unpaired) electrons. The van der Waals surface area contributed by atoms with Crippen LogP contribution in [0.1, 0.15) is 17.5 Å². The van der Waals surface area contributed by atoms with Gasteiger partial charge in [0.25, 0.3) is 0 Å². The minimum atomic E-state index is -0.637. The molecular weight excluding hydrogens is 176 g/mol. The summed E-state index contributed by atoms with van der Waals surface area (Å²) in [6, 6.07) is -0.210. The molecule has 0 aliphatic rings. The lowest BCUT2D eigenvalue weighted by Crippen LogP contribution is -2.02. The van der Waals surface area contributed by atoms with Gasteiger partial charge in [0.05, 0.1) is 12.8 Å². The molecule has 1 rings (SSSR count). The molecule has 0 fully saturated rings. The number of esters is 1. The van der Waals surface area contributed by atoms with Gasteiger partial charge < -0.3 is 9.15 Å². The van der Waals surface area contributed by atoms with Crippen molar-refractivity contribution >= 4 is 18.1 Å². The highest BCUT2D eigenvalue weighted by molar-refractivity contribution is 5.86. The zero-order valence-corrected chi connectivity index (χ0v) is 6.81. The van der Waals surface area contributed by atoms with E-state index in [1.807, 2.05) is 0 Å². The molecule has 0 amide bonds. The Hall–Kier alpha value is -1.94. The van der Waals surface area contributed by atoms with Crippen molar-refractivity contribution in [3.63, 3.8) is 0 Å². The van der Waals surface area contributed by atoms with E-state index in [4.69, 9.17) is 4.42 Å². The van der Waals surface area contributed by atoms with Crippen LogP contribution >= 0.6 is 0 Å². The van der Waals surface area contributed by atoms with Gasteiger partial charge in [0.2, 0.25) is 11.8 Å². The van der Waals surface area contributed by atoms with E-state index in [0.717, 1.165) is 6.20 Å². The number of hydrogen-bond donors (Lipinski definition) is 0. The van der Waals surface area contributed by atoms with Crippen molar-refractivity contribution in [3.8, 4) is 0 Å². The van der Waals surface area contributed by atoms with Gasteiger partial charge >= 0.3 is 12.0 Å². The monoisotopic (exact) mass is 182 g/mol. The average Bonchev–Trinajstić information content (AvgIpc) is 2.54. The molecule has 0 unspecified atom stereocenters. The van der Waals surface area contributed by atoms with Crippen LogP contribution in [0.3, 0.4) is 0 Å². The largest absolute Gasteiger partial charge is 0.460 e. The molecule has 0 N–H and O–H groups in total. The highest BCUT2D eigenvalue weighted by Gasteiger charge is 2.12. The van der Waals surface area contributed by atoms with E-state index in [1.165, 1.54) is 6.08 Å². The Morgan fingerprint density at radius 3 is 3.23 bits per heavy atom. The number of isocyanates is 1. The molecule has 0 aliphatic carbocycles. The zero-order chi connectivity index (χ0) is 9.68. The summed E-state index contributed by atoms with van der Waals surface area (Å²) in [5, 5.41) is 0. The second kappa shape index (κ2) is 4.18. The fourth-order valence-corrected chi connectivity index (χ4v) is 0.652. The van der Waals surface area contributed by atoms with Crippen molar-refractivity contribution in [3.05, 3.63) is 12.0 Å². The third-order valence-corrected chi connectivity index (χ3v) is 1.11. The van der Waals surface area contributed by atoms with Gasteiger partial charge in [-0.25, -0.2) is 9.59 Å². The number of nitrogens with zero attached hydrogens (tertiary/aromatic N) is 2. The quantitative estimate of drug-likeness (QED) is 0.392. The summed E-state index contributed by atoms with van der Waals surface area (Å²) in [6.45, 7) is 1.91. The molecule has 0 bridgehead atoms. The number of oxazole rings is 1. The Labute approximate surface area is 73.2 Å². The minimum absolute atomic E-state index is 0.0872. The van der Waals surface area contributed by atoms with Gasteiger partial charge in [-0.3, -0.25) is 0 Å². The Balaban J connectivity index is 2.79. The second-order valence-electron chi connectivity index (χ2n) is 1.93. The van der Waals surface area contributed by atoms with Gasteiger partial charge in [0.1, 0.15) is 0 Å². The van der Waals surface area contributed by atoms with E-state index in [2.05, 4.69) is 14.7 Å². The van der Waals surface area contributed by atoms with Crippen molar-refractivity contribution in [2.75, 3.05) is 6.61 Å². The molecule has 0 spiro atoms. The third-order valence-electron chi connectivity index (χ3n) is 1.11. The van der Waals surface area contributed by atoms with Gasteiger partial charge in [0.15, 0.2) is 0 Å². The number of ether oxygens (including phenoxy) is 1. The van der Waals surface area contributed by atoms with E-state index in [1.54, 1.807) is 6.92 Å². The fraction of sp³-hybridized carbons (Fsp3) is 0.286. The number of aromatic nitrogens is 1. The topological polar surface area (TPSA) is 81.8 Å². The first-order chi connectivity index (χ1) is 6.27. The van der Waals surface area contributed by atoms with Gasteiger partial charge in [-0.15, -0.1) is 4.99 Å².